The van der Waals surface area contributed by atoms with E-state index in [1.165, 1.54) is 0 Å². The number of nitrogens with zero attached hydrogens (tertiary/aromatic N) is 3. The van der Waals surface area contributed by atoms with Gasteiger partial charge in [0.1, 0.15) is 17.1 Å². The number of fused-ring (bicyclic) bond motifs is 4. The summed E-state index contributed by atoms with van der Waals surface area (Å²) in [6.45, 7) is 1.23. The van der Waals surface area contributed by atoms with E-state index in [0.717, 1.165) is 40.3 Å². The van der Waals surface area contributed by atoms with E-state index in [9.17, 15) is 4.79 Å². The summed E-state index contributed by atoms with van der Waals surface area (Å²) in [5.74, 6) is 1.50. The predicted octanol–water partition coefficient (Wildman–Crippen LogP) is 4.34. The molecule has 31 heavy (non-hydrogen) atoms. The number of hydrogen-bond donors (Lipinski definition) is 0. The summed E-state index contributed by atoms with van der Waals surface area (Å²) in [7, 11) is 3.58. The fraction of sp³-hybridized carbons (Fsp3) is 0.333. The van der Waals surface area contributed by atoms with Gasteiger partial charge in [-0.25, -0.2) is 0 Å². The van der Waals surface area contributed by atoms with Gasteiger partial charge in [-0.3, -0.25) is 9.48 Å². The van der Waals surface area contributed by atoms with Gasteiger partial charge in [-0.2, -0.15) is 5.10 Å². The number of benzene rings is 2. The molecule has 0 bridgehead atoms. The number of carbonyl (C=O) groups is 1. The first-order chi connectivity index (χ1) is 15.1. The van der Waals surface area contributed by atoms with Gasteiger partial charge in [0, 0.05) is 49.0 Å². The number of likely N-dealkylation sites (tertiary alicyclic amines) is 1. The Morgan fingerprint density at radius 3 is 2.71 bits per heavy atom. The van der Waals surface area contributed by atoms with Gasteiger partial charge in [0.25, 0.3) is 5.91 Å². The number of thioether (sulfide) groups is 1. The molecule has 3 heterocycles. The summed E-state index contributed by atoms with van der Waals surface area (Å²) >= 11 is 1.63. The molecule has 1 spiro atoms. The van der Waals surface area contributed by atoms with Crippen LogP contribution >= 0.6 is 11.8 Å². The molecule has 2 aliphatic heterocycles. The molecule has 6 nitrogen and oxygen atoms in total. The highest BCUT2D eigenvalue weighted by atomic mass is 32.2. The van der Waals surface area contributed by atoms with Crippen molar-refractivity contribution in [1.82, 2.24) is 14.7 Å². The summed E-state index contributed by atoms with van der Waals surface area (Å²) in [6.07, 6.45) is 5.37. The fourth-order valence-electron chi connectivity index (χ4n) is 4.70. The Balaban J connectivity index is 1.41. The maximum absolute atomic E-state index is 13.3. The molecule has 5 rings (SSSR count). The van der Waals surface area contributed by atoms with Gasteiger partial charge >= 0.3 is 0 Å². The number of rotatable bonds is 3. The van der Waals surface area contributed by atoms with E-state index < -0.39 is 5.60 Å². The first kappa shape index (κ1) is 20.0. The zero-order valence-electron chi connectivity index (χ0n) is 17.9. The second-order valence-electron chi connectivity index (χ2n) is 7.98. The smallest absolute Gasteiger partial charge is 0.257 e. The number of piperidine rings is 1. The van der Waals surface area contributed by atoms with Crippen LogP contribution in [0.5, 0.6) is 11.5 Å². The molecular weight excluding hydrogens is 410 g/mol. The summed E-state index contributed by atoms with van der Waals surface area (Å²) in [5.41, 5.74) is 3.44. The summed E-state index contributed by atoms with van der Waals surface area (Å²) in [4.78, 5) is 16.3. The maximum Gasteiger partial charge on any atom is 0.257 e. The lowest BCUT2D eigenvalue weighted by Crippen LogP contribution is -2.49. The van der Waals surface area contributed by atoms with E-state index in [-0.39, 0.29) is 5.91 Å². The zero-order chi connectivity index (χ0) is 21.6. The second-order valence-corrected chi connectivity index (χ2v) is 8.86. The summed E-state index contributed by atoms with van der Waals surface area (Å²) in [5, 5.41) is 4.53. The molecule has 7 heteroatoms. The van der Waals surface area contributed by atoms with Crippen LogP contribution in [0.15, 0.2) is 53.6 Å². The molecule has 160 valence electrons. The highest BCUT2D eigenvalue weighted by Gasteiger charge is 2.46. The molecule has 1 fully saturated rings. The van der Waals surface area contributed by atoms with Crippen molar-refractivity contribution in [2.45, 2.75) is 23.3 Å². The molecule has 1 amide bonds. The SMILES string of the molecule is COc1cc(SC)ccc1C(=O)N1CCC2(CC1)Oc1ccccc1-c1c2cnn1C. The van der Waals surface area contributed by atoms with Crippen LogP contribution in [0.25, 0.3) is 11.3 Å². The zero-order valence-corrected chi connectivity index (χ0v) is 18.7. The van der Waals surface area contributed by atoms with Gasteiger partial charge in [0.2, 0.25) is 0 Å². The number of hydrogen-bond acceptors (Lipinski definition) is 5. The number of ether oxygens (including phenoxy) is 2. The fourth-order valence-corrected chi connectivity index (χ4v) is 5.12. The average Bonchev–Trinajstić information content (AvgIpc) is 3.21. The average molecular weight is 436 g/mol. The molecule has 2 aliphatic rings. The van der Waals surface area contributed by atoms with Gasteiger partial charge in [0.15, 0.2) is 0 Å². The van der Waals surface area contributed by atoms with Crippen LogP contribution in [-0.4, -0.2) is 47.0 Å². The van der Waals surface area contributed by atoms with Crippen LogP contribution in [0.3, 0.4) is 0 Å². The summed E-state index contributed by atoms with van der Waals surface area (Å²) in [6, 6.07) is 13.9. The number of aryl methyl sites for hydroxylation is 1. The molecular formula is C24H25N3O3S. The molecule has 0 aliphatic carbocycles. The number of methoxy groups -OCH3 is 1. The third kappa shape index (κ3) is 3.19. The largest absolute Gasteiger partial charge is 0.496 e. The molecule has 3 aromatic rings. The lowest BCUT2D eigenvalue weighted by Gasteiger charge is -2.44. The molecule has 0 atom stereocenters. The molecule has 0 unspecified atom stereocenters. The molecule has 1 saturated heterocycles. The Hall–Kier alpha value is -2.93. The first-order valence-electron chi connectivity index (χ1n) is 10.4. The topological polar surface area (TPSA) is 56.6 Å². The van der Waals surface area contributed by atoms with Crippen LogP contribution in [0, 0.1) is 0 Å². The minimum Gasteiger partial charge on any atom is -0.496 e. The van der Waals surface area contributed by atoms with E-state index in [4.69, 9.17) is 9.47 Å². The third-order valence-corrected chi connectivity index (χ3v) is 7.10. The Morgan fingerprint density at radius 1 is 1.19 bits per heavy atom. The Kier molecular flexibility index (Phi) is 4.93. The van der Waals surface area contributed by atoms with Crippen molar-refractivity contribution < 1.29 is 14.3 Å². The number of carbonyl (C=O) groups excluding carboxylic acids is 1. The number of aromatic nitrogens is 2. The van der Waals surface area contributed by atoms with Crippen molar-refractivity contribution in [2.75, 3.05) is 26.5 Å². The maximum atomic E-state index is 13.3. The lowest BCUT2D eigenvalue weighted by atomic mass is 9.81. The van der Waals surface area contributed by atoms with E-state index in [1.54, 1.807) is 18.9 Å². The van der Waals surface area contributed by atoms with E-state index in [1.807, 2.05) is 65.5 Å². The molecule has 1 aromatic heterocycles. The van der Waals surface area contributed by atoms with Crippen LogP contribution in [-0.2, 0) is 12.6 Å². The van der Waals surface area contributed by atoms with Crippen molar-refractivity contribution >= 4 is 17.7 Å². The molecule has 2 aromatic carbocycles. The normalized spacial score (nSPS) is 16.4. The number of amides is 1. The van der Waals surface area contributed by atoms with E-state index in [2.05, 4.69) is 11.2 Å². The third-order valence-electron chi connectivity index (χ3n) is 6.37. The van der Waals surface area contributed by atoms with Crippen molar-refractivity contribution in [3.63, 3.8) is 0 Å². The Labute approximate surface area is 186 Å². The van der Waals surface area contributed by atoms with Crippen molar-refractivity contribution in [3.8, 4) is 22.8 Å². The Morgan fingerprint density at radius 2 is 1.97 bits per heavy atom. The van der Waals surface area contributed by atoms with E-state index >= 15 is 0 Å². The van der Waals surface area contributed by atoms with Crippen LogP contribution in [0.1, 0.15) is 28.8 Å². The van der Waals surface area contributed by atoms with Crippen LogP contribution in [0.2, 0.25) is 0 Å². The number of para-hydroxylation sites is 1. The monoisotopic (exact) mass is 435 g/mol. The van der Waals surface area contributed by atoms with E-state index in [0.29, 0.717) is 24.4 Å². The van der Waals surface area contributed by atoms with Gasteiger partial charge in [-0.15, -0.1) is 11.8 Å². The van der Waals surface area contributed by atoms with Crippen molar-refractivity contribution in [2.24, 2.45) is 7.05 Å². The van der Waals surface area contributed by atoms with Crippen LogP contribution < -0.4 is 9.47 Å². The van der Waals surface area contributed by atoms with Crippen LogP contribution in [0.4, 0.5) is 0 Å². The molecule has 0 radical (unpaired) electrons. The van der Waals surface area contributed by atoms with Gasteiger partial charge in [0.05, 0.1) is 24.6 Å². The van der Waals surface area contributed by atoms with Gasteiger partial charge < -0.3 is 14.4 Å². The summed E-state index contributed by atoms with van der Waals surface area (Å²) < 4.78 is 14.0. The highest BCUT2D eigenvalue weighted by Crippen LogP contribution is 2.49. The lowest BCUT2D eigenvalue weighted by molar-refractivity contribution is -0.00179. The quantitative estimate of drug-likeness (QED) is 0.573. The Bertz CT molecular complexity index is 1150. The minimum absolute atomic E-state index is 0.00183. The van der Waals surface area contributed by atoms with Crippen molar-refractivity contribution in [3.05, 3.63) is 59.8 Å². The first-order valence-corrected chi connectivity index (χ1v) is 11.6. The standard InChI is InChI=1S/C24H25N3O3S/c1-26-22-17-6-4-5-7-20(17)30-24(19(22)15-25-26)10-12-27(13-11-24)23(28)18-9-8-16(31-3)14-21(18)29-2/h4-9,14-15H,10-13H2,1-3H3. The van der Waals surface area contributed by atoms with Crippen molar-refractivity contribution in [1.29, 1.82) is 0 Å². The molecule has 0 N–H and O–H groups in total. The van der Waals surface area contributed by atoms with Gasteiger partial charge in [-0.05, 0) is 36.6 Å². The van der Waals surface area contributed by atoms with Gasteiger partial charge in [-0.1, -0.05) is 12.1 Å². The highest BCUT2D eigenvalue weighted by molar-refractivity contribution is 7.98. The minimum atomic E-state index is -0.457. The second kappa shape index (κ2) is 7.64. The predicted molar refractivity (Wildman–Crippen MR) is 121 cm³/mol. The molecule has 0 saturated carbocycles.